The summed E-state index contributed by atoms with van der Waals surface area (Å²) in [4.78, 5) is 18.4. The molecule has 0 bridgehead atoms. The summed E-state index contributed by atoms with van der Waals surface area (Å²) in [7, 11) is 0. The van der Waals surface area contributed by atoms with Gasteiger partial charge in [-0.2, -0.15) is 0 Å². The number of likely N-dealkylation sites (tertiary alicyclic amines) is 1. The zero-order valence-electron chi connectivity index (χ0n) is 16.9. The first kappa shape index (κ1) is 21.2. The standard InChI is InChI=1S/C22H27F2N3O2/c1-16-3-6-20(26-14-16)29-12-9-25-15-22(24)7-10-27(11-8-22)21(28)18-4-5-19(23)17(2)13-18/h3-6,13-14,25H,7-12,15H2,1-2H3. The number of halogens is 2. The number of rotatable bonds is 7. The molecule has 1 saturated heterocycles. The van der Waals surface area contributed by atoms with Crippen molar-refractivity contribution in [3.05, 3.63) is 59.0 Å². The van der Waals surface area contributed by atoms with Crippen LogP contribution in [-0.4, -0.2) is 54.2 Å². The molecular weight excluding hydrogens is 376 g/mol. The second-order valence-corrected chi connectivity index (χ2v) is 7.61. The molecule has 0 spiro atoms. The SMILES string of the molecule is Cc1ccc(OCCNCC2(F)CCN(C(=O)c3ccc(F)c(C)c3)CC2)nc1. The number of nitrogens with one attached hydrogen (secondary N) is 1. The molecule has 2 aromatic rings. The predicted molar refractivity (Wildman–Crippen MR) is 107 cm³/mol. The van der Waals surface area contributed by atoms with Gasteiger partial charge in [0.2, 0.25) is 5.88 Å². The van der Waals surface area contributed by atoms with E-state index in [1.807, 2.05) is 13.0 Å². The van der Waals surface area contributed by atoms with Gasteiger partial charge in [-0.3, -0.25) is 4.79 Å². The largest absolute Gasteiger partial charge is 0.476 e. The first-order valence-corrected chi connectivity index (χ1v) is 9.87. The highest BCUT2D eigenvalue weighted by Crippen LogP contribution is 2.27. The van der Waals surface area contributed by atoms with Gasteiger partial charge in [-0.1, -0.05) is 6.07 Å². The molecule has 0 unspecified atom stereocenters. The van der Waals surface area contributed by atoms with Crippen LogP contribution in [0.1, 0.15) is 34.3 Å². The number of alkyl halides is 1. The fraction of sp³-hybridized carbons (Fsp3) is 0.455. The van der Waals surface area contributed by atoms with Crippen LogP contribution < -0.4 is 10.1 Å². The molecule has 1 N–H and O–H groups in total. The Morgan fingerprint density at radius 2 is 2.00 bits per heavy atom. The Balaban J connectivity index is 1.40. The maximum atomic E-state index is 15.0. The molecule has 0 radical (unpaired) electrons. The second kappa shape index (κ2) is 9.31. The number of hydrogen-bond acceptors (Lipinski definition) is 4. The molecule has 2 heterocycles. The molecule has 0 aliphatic carbocycles. The van der Waals surface area contributed by atoms with E-state index in [0.29, 0.717) is 43.2 Å². The van der Waals surface area contributed by atoms with Crippen LogP contribution in [0.25, 0.3) is 0 Å². The fourth-order valence-electron chi connectivity index (χ4n) is 3.33. The van der Waals surface area contributed by atoms with Crippen molar-refractivity contribution in [2.24, 2.45) is 0 Å². The highest BCUT2D eigenvalue weighted by atomic mass is 19.1. The van der Waals surface area contributed by atoms with Crippen LogP contribution in [0.2, 0.25) is 0 Å². The number of piperidine rings is 1. The third kappa shape index (κ3) is 5.73. The number of carbonyl (C=O) groups is 1. The van der Waals surface area contributed by atoms with Crippen molar-refractivity contribution in [2.45, 2.75) is 32.4 Å². The van der Waals surface area contributed by atoms with Crippen molar-refractivity contribution in [1.82, 2.24) is 15.2 Å². The zero-order chi connectivity index (χ0) is 20.9. The van der Waals surface area contributed by atoms with Gasteiger partial charge < -0.3 is 15.0 Å². The van der Waals surface area contributed by atoms with Crippen LogP contribution in [0.4, 0.5) is 8.78 Å². The summed E-state index contributed by atoms with van der Waals surface area (Å²) < 4.78 is 33.9. The summed E-state index contributed by atoms with van der Waals surface area (Å²) >= 11 is 0. The number of pyridine rings is 1. The smallest absolute Gasteiger partial charge is 0.253 e. The van der Waals surface area contributed by atoms with E-state index >= 15 is 4.39 Å². The van der Waals surface area contributed by atoms with Crippen molar-refractivity contribution in [1.29, 1.82) is 0 Å². The number of benzene rings is 1. The minimum Gasteiger partial charge on any atom is -0.476 e. The van der Waals surface area contributed by atoms with Gasteiger partial charge in [0, 0.05) is 56.8 Å². The van der Waals surface area contributed by atoms with Gasteiger partial charge in [0.25, 0.3) is 5.91 Å². The lowest BCUT2D eigenvalue weighted by molar-refractivity contribution is 0.0433. The molecule has 3 rings (SSSR count). The van der Waals surface area contributed by atoms with E-state index in [1.54, 1.807) is 30.2 Å². The Morgan fingerprint density at radius 3 is 2.66 bits per heavy atom. The van der Waals surface area contributed by atoms with Crippen molar-refractivity contribution < 1.29 is 18.3 Å². The third-order valence-corrected chi connectivity index (χ3v) is 5.21. The molecule has 1 aromatic heterocycles. The Hall–Kier alpha value is -2.54. The lowest BCUT2D eigenvalue weighted by Crippen LogP contribution is -2.49. The Morgan fingerprint density at radius 1 is 1.24 bits per heavy atom. The number of ether oxygens (including phenoxy) is 1. The normalized spacial score (nSPS) is 15.9. The Bertz CT molecular complexity index is 834. The molecule has 0 saturated carbocycles. The average Bonchev–Trinajstić information content (AvgIpc) is 2.71. The predicted octanol–water partition coefficient (Wildman–Crippen LogP) is 3.45. The molecule has 1 aliphatic heterocycles. The Labute approximate surface area is 170 Å². The van der Waals surface area contributed by atoms with Crippen LogP contribution >= 0.6 is 0 Å². The Kier molecular flexibility index (Phi) is 6.79. The van der Waals surface area contributed by atoms with E-state index in [2.05, 4.69) is 10.3 Å². The van der Waals surface area contributed by atoms with Crippen LogP contribution in [0, 0.1) is 19.7 Å². The fourth-order valence-corrected chi connectivity index (χ4v) is 3.33. The van der Waals surface area contributed by atoms with E-state index in [9.17, 15) is 9.18 Å². The van der Waals surface area contributed by atoms with Crippen molar-refractivity contribution >= 4 is 5.91 Å². The maximum absolute atomic E-state index is 15.0. The first-order valence-electron chi connectivity index (χ1n) is 9.87. The van der Waals surface area contributed by atoms with Crippen molar-refractivity contribution in [3.8, 4) is 5.88 Å². The summed E-state index contributed by atoms with van der Waals surface area (Å²) in [5, 5.41) is 3.09. The minimum absolute atomic E-state index is 0.179. The number of carbonyl (C=O) groups excluding carboxylic acids is 1. The number of amides is 1. The summed E-state index contributed by atoms with van der Waals surface area (Å²) in [5.41, 5.74) is 0.585. The summed E-state index contributed by atoms with van der Waals surface area (Å²) in [6.45, 7) is 5.40. The number of aromatic nitrogens is 1. The van der Waals surface area contributed by atoms with Crippen molar-refractivity contribution in [3.63, 3.8) is 0 Å². The average molecular weight is 403 g/mol. The minimum atomic E-state index is -1.35. The summed E-state index contributed by atoms with van der Waals surface area (Å²) in [6, 6.07) is 8.05. The van der Waals surface area contributed by atoms with Crippen LogP contribution in [0.5, 0.6) is 5.88 Å². The molecule has 5 nitrogen and oxygen atoms in total. The first-order chi connectivity index (χ1) is 13.9. The molecular formula is C22H27F2N3O2. The van der Waals surface area contributed by atoms with Crippen LogP contribution in [-0.2, 0) is 0 Å². The van der Waals surface area contributed by atoms with E-state index in [-0.39, 0.29) is 31.1 Å². The molecule has 156 valence electrons. The maximum Gasteiger partial charge on any atom is 0.253 e. The summed E-state index contributed by atoms with van der Waals surface area (Å²) in [6.07, 6.45) is 2.28. The summed E-state index contributed by atoms with van der Waals surface area (Å²) in [5.74, 6) is 0.0356. The molecule has 29 heavy (non-hydrogen) atoms. The highest BCUT2D eigenvalue weighted by Gasteiger charge is 2.35. The number of nitrogens with zero attached hydrogens (tertiary/aromatic N) is 2. The molecule has 1 aliphatic rings. The molecule has 7 heteroatoms. The van der Waals surface area contributed by atoms with Gasteiger partial charge in [0.05, 0.1) is 0 Å². The van der Waals surface area contributed by atoms with E-state index in [1.165, 1.54) is 12.1 Å². The van der Waals surface area contributed by atoms with Crippen molar-refractivity contribution in [2.75, 3.05) is 32.8 Å². The second-order valence-electron chi connectivity index (χ2n) is 7.61. The van der Waals surface area contributed by atoms with Gasteiger partial charge in [0.15, 0.2) is 0 Å². The third-order valence-electron chi connectivity index (χ3n) is 5.21. The molecule has 0 atom stereocenters. The van der Waals surface area contributed by atoms with Crippen LogP contribution in [0.3, 0.4) is 0 Å². The van der Waals surface area contributed by atoms with Gasteiger partial charge in [-0.25, -0.2) is 13.8 Å². The van der Waals surface area contributed by atoms with Gasteiger partial charge >= 0.3 is 0 Å². The van der Waals surface area contributed by atoms with E-state index in [4.69, 9.17) is 4.74 Å². The number of aryl methyl sites for hydroxylation is 2. The zero-order valence-corrected chi connectivity index (χ0v) is 16.9. The van der Waals surface area contributed by atoms with E-state index < -0.39 is 5.67 Å². The van der Waals surface area contributed by atoms with Gasteiger partial charge in [-0.15, -0.1) is 0 Å². The quantitative estimate of drug-likeness (QED) is 0.720. The highest BCUT2D eigenvalue weighted by molar-refractivity contribution is 5.94. The number of hydrogen-bond donors (Lipinski definition) is 1. The van der Waals surface area contributed by atoms with Crippen LogP contribution in [0.15, 0.2) is 36.5 Å². The van der Waals surface area contributed by atoms with Gasteiger partial charge in [-0.05, 0) is 43.2 Å². The topological polar surface area (TPSA) is 54.5 Å². The van der Waals surface area contributed by atoms with E-state index in [0.717, 1.165) is 5.56 Å². The van der Waals surface area contributed by atoms with Gasteiger partial charge in [0.1, 0.15) is 18.1 Å². The lowest BCUT2D eigenvalue weighted by atomic mass is 9.92. The monoisotopic (exact) mass is 403 g/mol. The lowest BCUT2D eigenvalue weighted by Gasteiger charge is -2.36. The molecule has 1 fully saturated rings. The molecule has 1 amide bonds. The molecule has 1 aromatic carbocycles.